The minimum absolute atomic E-state index is 0.0213. The summed E-state index contributed by atoms with van der Waals surface area (Å²) in [5, 5.41) is 1.55. The largest absolute Gasteiger partial charge is 0.459 e. The highest BCUT2D eigenvalue weighted by Crippen LogP contribution is 2.25. The standard InChI is InChI=1S/C25H19Cl3N2O3S/c26-19-7-5-18(6-8-19)16-30(34(31,32)23-13-9-20(27)10-14-23)17-22-12-11-21(33-22)15-29-25-4-2-1-3-24(25)28/h1-15H,16-17H2. The van der Waals surface area contributed by atoms with E-state index in [1.807, 2.05) is 12.1 Å². The lowest BCUT2D eigenvalue weighted by atomic mass is 10.2. The topological polar surface area (TPSA) is 62.9 Å². The maximum atomic E-state index is 13.4. The van der Waals surface area contributed by atoms with Gasteiger partial charge in [-0.25, -0.2) is 8.42 Å². The van der Waals surface area contributed by atoms with Crippen molar-refractivity contribution in [3.63, 3.8) is 0 Å². The molecular weight excluding hydrogens is 515 g/mol. The maximum absolute atomic E-state index is 13.4. The van der Waals surface area contributed by atoms with Crippen LogP contribution in [0.4, 0.5) is 5.69 Å². The van der Waals surface area contributed by atoms with E-state index in [0.717, 1.165) is 5.56 Å². The lowest BCUT2D eigenvalue weighted by molar-refractivity contribution is 0.357. The van der Waals surface area contributed by atoms with Crippen LogP contribution in [0.25, 0.3) is 0 Å². The summed E-state index contributed by atoms with van der Waals surface area (Å²) in [6.07, 6.45) is 1.54. The molecule has 5 nitrogen and oxygen atoms in total. The third kappa shape index (κ3) is 6.09. The number of sulfonamides is 1. The molecule has 0 aliphatic rings. The molecule has 0 N–H and O–H groups in total. The predicted octanol–water partition coefficient (Wildman–Crippen LogP) is 7.38. The molecule has 0 bridgehead atoms. The number of benzene rings is 3. The van der Waals surface area contributed by atoms with Crippen LogP contribution in [-0.2, 0) is 23.1 Å². The van der Waals surface area contributed by atoms with E-state index in [0.29, 0.717) is 32.3 Å². The molecule has 0 fully saturated rings. The van der Waals surface area contributed by atoms with Crippen molar-refractivity contribution in [1.29, 1.82) is 0 Å². The van der Waals surface area contributed by atoms with Crippen LogP contribution in [-0.4, -0.2) is 18.9 Å². The highest BCUT2D eigenvalue weighted by Gasteiger charge is 2.26. The molecule has 34 heavy (non-hydrogen) atoms. The zero-order valence-corrected chi connectivity index (χ0v) is 20.8. The Bertz CT molecular complexity index is 1400. The van der Waals surface area contributed by atoms with E-state index in [1.54, 1.807) is 66.9 Å². The summed E-state index contributed by atoms with van der Waals surface area (Å²) >= 11 is 18.1. The molecule has 0 unspecified atom stereocenters. The van der Waals surface area contributed by atoms with Crippen LogP contribution < -0.4 is 0 Å². The number of aliphatic imine (C=N–C) groups is 1. The van der Waals surface area contributed by atoms with Crippen LogP contribution >= 0.6 is 34.8 Å². The first-order chi connectivity index (χ1) is 16.3. The van der Waals surface area contributed by atoms with Gasteiger partial charge in [-0.1, -0.05) is 59.1 Å². The van der Waals surface area contributed by atoms with Crippen molar-refractivity contribution in [1.82, 2.24) is 4.31 Å². The molecular formula is C25H19Cl3N2O3S. The van der Waals surface area contributed by atoms with Crippen LogP contribution in [0.2, 0.25) is 15.1 Å². The van der Waals surface area contributed by atoms with Crippen LogP contribution in [0.15, 0.2) is 99.2 Å². The van der Waals surface area contributed by atoms with E-state index < -0.39 is 10.0 Å². The molecule has 9 heteroatoms. The second kappa shape index (κ2) is 10.8. The van der Waals surface area contributed by atoms with Gasteiger partial charge < -0.3 is 4.42 Å². The second-order valence-corrected chi connectivity index (χ2v) is 10.6. The SMILES string of the molecule is O=S(=O)(c1ccc(Cl)cc1)N(Cc1ccc(Cl)cc1)Cc1ccc(C=Nc2ccccc2Cl)o1. The zero-order chi connectivity index (χ0) is 24.1. The molecule has 0 saturated carbocycles. The first-order valence-electron chi connectivity index (χ1n) is 10.2. The second-order valence-electron chi connectivity index (χ2n) is 7.37. The Labute approximate surface area is 213 Å². The van der Waals surface area contributed by atoms with E-state index in [9.17, 15) is 8.42 Å². The highest BCUT2D eigenvalue weighted by atomic mass is 35.5. The van der Waals surface area contributed by atoms with Gasteiger partial charge in [-0.05, 0) is 66.2 Å². The molecule has 174 valence electrons. The molecule has 0 spiro atoms. The molecule has 0 radical (unpaired) electrons. The number of furan rings is 1. The van der Waals surface area contributed by atoms with Crippen LogP contribution in [0, 0.1) is 0 Å². The van der Waals surface area contributed by atoms with Crippen LogP contribution in [0.1, 0.15) is 17.1 Å². The molecule has 0 aliphatic carbocycles. The molecule has 0 aliphatic heterocycles. The van der Waals surface area contributed by atoms with Gasteiger partial charge in [-0.2, -0.15) is 4.31 Å². The lowest BCUT2D eigenvalue weighted by Crippen LogP contribution is -2.30. The van der Waals surface area contributed by atoms with Crippen molar-refractivity contribution in [2.45, 2.75) is 18.0 Å². The van der Waals surface area contributed by atoms with Crippen molar-refractivity contribution in [3.8, 4) is 0 Å². The molecule has 3 aromatic carbocycles. The molecule has 0 amide bonds. The third-order valence-corrected chi connectivity index (χ3v) is 7.55. The highest BCUT2D eigenvalue weighted by molar-refractivity contribution is 7.89. The molecule has 1 aromatic heterocycles. The smallest absolute Gasteiger partial charge is 0.243 e. The van der Waals surface area contributed by atoms with Crippen molar-refractivity contribution in [3.05, 3.63) is 117 Å². The van der Waals surface area contributed by atoms with Gasteiger partial charge >= 0.3 is 0 Å². The van der Waals surface area contributed by atoms with Gasteiger partial charge in [0.25, 0.3) is 0 Å². The van der Waals surface area contributed by atoms with Gasteiger partial charge in [-0.3, -0.25) is 4.99 Å². The fraction of sp³-hybridized carbons (Fsp3) is 0.0800. The zero-order valence-electron chi connectivity index (χ0n) is 17.7. The fourth-order valence-electron chi connectivity index (χ4n) is 3.19. The first kappa shape index (κ1) is 24.5. The Morgan fingerprint density at radius 3 is 2.12 bits per heavy atom. The van der Waals surface area contributed by atoms with Gasteiger partial charge in [0.2, 0.25) is 10.0 Å². The Kier molecular flexibility index (Phi) is 7.76. The van der Waals surface area contributed by atoms with Crippen molar-refractivity contribution < 1.29 is 12.8 Å². The van der Waals surface area contributed by atoms with E-state index in [-0.39, 0.29) is 18.0 Å². The Hall–Kier alpha value is -2.61. The van der Waals surface area contributed by atoms with Gasteiger partial charge in [0.15, 0.2) is 0 Å². The van der Waals surface area contributed by atoms with Gasteiger partial charge in [0.1, 0.15) is 11.5 Å². The maximum Gasteiger partial charge on any atom is 0.243 e. The minimum atomic E-state index is -3.85. The summed E-state index contributed by atoms with van der Waals surface area (Å²) < 4.78 is 34.1. The molecule has 4 rings (SSSR count). The molecule has 0 saturated heterocycles. The Morgan fingerprint density at radius 2 is 1.44 bits per heavy atom. The van der Waals surface area contributed by atoms with Gasteiger partial charge in [-0.15, -0.1) is 0 Å². The van der Waals surface area contributed by atoms with Crippen molar-refractivity contribution in [2.24, 2.45) is 4.99 Å². The lowest BCUT2D eigenvalue weighted by Gasteiger charge is -2.21. The van der Waals surface area contributed by atoms with Crippen LogP contribution in [0.3, 0.4) is 0 Å². The monoisotopic (exact) mass is 532 g/mol. The summed E-state index contributed by atoms with van der Waals surface area (Å²) in [6.45, 7) is 0.152. The first-order valence-corrected chi connectivity index (χ1v) is 12.8. The van der Waals surface area contributed by atoms with Gasteiger partial charge in [0.05, 0.1) is 28.4 Å². The Morgan fingerprint density at radius 1 is 0.794 bits per heavy atom. The van der Waals surface area contributed by atoms with Crippen molar-refractivity contribution in [2.75, 3.05) is 0 Å². The minimum Gasteiger partial charge on any atom is -0.459 e. The van der Waals surface area contributed by atoms with E-state index in [1.165, 1.54) is 16.4 Å². The summed E-state index contributed by atoms with van der Waals surface area (Å²) in [4.78, 5) is 4.48. The Balaban J connectivity index is 1.60. The summed E-state index contributed by atoms with van der Waals surface area (Å²) in [5.41, 5.74) is 1.39. The molecule has 4 aromatic rings. The number of hydrogen-bond acceptors (Lipinski definition) is 4. The molecule has 1 heterocycles. The number of rotatable bonds is 8. The number of para-hydroxylation sites is 1. The van der Waals surface area contributed by atoms with Crippen molar-refractivity contribution >= 4 is 56.7 Å². The fourth-order valence-corrected chi connectivity index (χ4v) is 5.02. The third-order valence-electron chi connectivity index (χ3n) is 4.92. The average molecular weight is 534 g/mol. The normalized spacial score (nSPS) is 12.0. The summed E-state index contributed by atoms with van der Waals surface area (Å²) in [7, 11) is -3.85. The quantitative estimate of drug-likeness (QED) is 0.222. The number of nitrogens with zero attached hydrogens (tertiary/aromatic N) is 2. The van der Waals surface area contributed by atoms with E-state index in [4.69, 9.17) is 39.2 Å². The van der Waals surface area contributed by atoms with Crippen LogP contribution in [0.5, 0.6) is 0 Å². The number of hydrogen-bond donors (Lipinski definition) is 0. The van der Waals surface area contributed by atoms with E-state index in [2.05, 4.69) is 4.99 Å². The molecule has 0 atom stereocenters. The van der Waals surface area contributed by atoms with E-state index >= 15 is 0 Å². The van der Waals surface area contributed by atoms with Gasteiger partial charge in [0, 0.05) is 16.6 Å². The number of halogens is 3. The summed E-state index contributed by atoms with van der Waals surface area (Å²) in [5.74, 6) is 0.942. The predicted molar refractivity (Wildman–Crippen MR) is 137 cm³/mol. The summed E-state index contributed by atoms with van der Waals surface area (Å²) in [6, 6.07) is 23.7. The average Bonchev–Trinajstić information content (AvgIpc) is 3.27.